The Hall–Kier alpha value is -3.08. The summed E-state index contributed by atoms with van der Waals surface area (Å²) in [7, 11) is 0. The van der Waals surface area contributed by atoms with Crippen molar-refractivity contribution in [2.24, 2.45) is 0 Å². The highest BCUT2D eigenvalue weighted by Crippen LogP contribution is 2.28. The third kappa shape index (κ3) is 3.26. The van der Waals surface area contributed by atoms with Gasteiger partial charge in [-0.15, -0.1) is 0 Å². The van der Waals surface area contributed by atoms with Crippen LogP contribution in [0, 0.1) is 0 Å². The summed E-state index contributed by atoms with van der Waals surface area (Å²) in [5, 5.41) is 0. The molecule has 1 amide bonds. The zero-order valence-electron chi connectivity index (χ0n) is 13.9. The minimum Gasteiger partial charge on any atom is -0.411 e. The molecule has 0 unspecified atom stereocenters. The van der Waals surface area contributed by atoms with Crippen molar-refractivity contribution >= 4 is 22.6 Å². The van der Waals surface area contributed by atoms with E-state index < -0.39 is 0 Å². The summed E-state index contributed by atoms with van der Waals surface area (Å²) < 4.78 is 11.3. The number of fused-ring (bicyclic) bond motifs is 1. The molecule has 0 bridgehead atoms. The Morgan fingerprint density at radius 2 is 1.96 bits per heavy atom. The van der Waals surface area contributed by atoms with Crippen molar-refractivity contribution in [3.8, 4) is 11.8 Å². The Bertz CT molecular complexity index is 908. The van der Waals surface area contributed by atoms with Crippen LogP contribution < -0.4 is 4.74 Å². The highest BCUT2D eigenvalue weighted by Gasteiger charge is 2.15. The van der Waals surface area contributed by atoms with Gasteiger partial charge in [0, 0.05) is 20.0 Å². The Labute approximate surface area is 145 Å². The molecule has 0 radical (unpaired) electrons. The third-order valence-corrected chi connectivity index (χ3v) is 4.36. The zero-order valence-corrected chi connectivity index (χ0v) is 13.9. The van der Waals surface area contributed by atoms with Crippen LogP contribution in [0.1, 0.15) is 18.9 Å². The van der Waals surface area contributed by atoms with Crippen LogP contribution in [-0.2, 0) is 4.79 Å². The van der Waals surface area contributed by atoms with Crippen LogP contribution in [0.25, 0.3) is 16.7 Å². The van der Waals surface area contributed by atoms with Crippen LogP contribution in [0.15, 0.2) is 59.0 Å². The quantitative estimate of drug-likeness (QED) is 0.718. The summed E-state index contributed by atoms with van der Waals surface area (Å²) in [5.74, 6) is 0.800. The van der Waals surface area contributed by atoms with Gasteiger partial charge in [-0.05, 0) is 41.8 Å². The van der Waals surface area contributed by atoms with Crippen LogP contribution in [0.5, 0.6) is 11.8 Å². The van der Waals surface area contributed by atoms with Gasteiger partial charge in [-0.1, -0.05) is 30.3 Å². The maximum atomic E-state index is 11.4. The summed E-state index contributed by atoms with van der Waals surface area (Å²) in [6.45, 7) is 3.05. The monoisotopic (exact) mass is 334 g/mol. The first kappa shape index (κ1) is 15.4. The lowest BCUT2D eigenvalue weighted by Crippen LogP contribution is -2.32. The summed E-state index contributed by atoms with van der Waals surface area (Å²) in [6.07, 6.45) is 3.22. The Kier molecular flexibility index (Phi) is 3.98. The number of aromatic nitrogens is 1. The summed E-state index contributed by atoms with van der Waals surface area (Å²) >= 11 is 0. The van der Waals surface area contributed by atoms with Crippen molar-refractivity contribution in [3.05, 3.63) is 60.2 Å². The number of amides is 1. The topological polar surface area (TPSA) is 55.6 Å². The molecule has 25 heavy (non-hydrogen) atoms. The number of hydrogen-bond donors (Lipinski definition) is 0. The molecule has 4 rings (SSSR count). The van der Waals surface area contributed by atoms with Crippen molar-refractivity contribution in [2.75, 3.05) is 13.1 Å². The van der Waals surface area contributed by atoms with Gasteiger partial charge in [0.25, 0.3) is 0 Å². The number of para-hydroxylation sites is 2. The number of carbonyl (C=O) groups excluding carboxylic acids is 1. The first-order valence-electron chi connectivity index (χ1n) is 8.27. The summed E-state index contributed by atoms with van der Waals surface area (Å²) in [6, 6.07) is 15.4. The lowest BCUT2D eigenvalue weighted by molar-refractivity contribution is -0.128. The normalized spacial score (nSPS) is 14.4. The highest BCUT2D eigenvalue weighted by atomic mass is 16.6. The van der Waals surface area contributed by atoms with Gasteiger partial charge in [0.2, 0.25) is 5.91 Å². The van der Waals surface area contributed by atoms with E-state index in [4.69, 9.17) is 9.15 Å². The maximum Gasteiger partial charge on any atom is 0.400 e. The largest absolute Gasteiger partial charge is 0.411 e. The maximum absolute atomic E-state index is 11.4. The average molecular weight is 334 g/mol. The average Bonchev–Trinajstić information content (AvgIpc) is 3.05. The Morgan fingerprint density at radius 3 is 2.64 bits per heavy atom. The van der Waals surface area contributed by atoms with E-state index in [-0.39, 0.29) is 12.0 Å². The summed E-state index contributed by atoms with van der Waals surface area (Å²) in [5.41, 5.74) is 3.88. The van der Waals surface area contributed by atoms with E-state index in [2.05, 4.69) is 11.1 Å². The van der Waals surface area contributed by atoms with E-state index in [1.165, 1.54) is 5.57 Å². The van der Waals surface area contributed by atoms with Crippen LogP contribution in [0.2, 0.25) is 0 Å². The van der Waals surface area contributed by atoms with Crippen molar-refractivity contribution in [3.63, 3.8) is 0 Å². The predicted octanol–water partition coefficient (Wildman–Crippen LogP) is 4.26. The number of ether oxygens (including phenoxy) is 1. The van der Waals surface area contributed by atoms with E-state index in [1.54, 1.807) is 6.92 Å². The molecule has 0 fully saturated rings. The van der Waals surface area contributed by atoms with Crippen molar-refractivity contribution in [1.82, 2.24) is 9.88 Å². The molecule has 2 heterocycles. The minimum absolute atomic E-state index is 0.123. The highest BCUT2D eigenvalue weighted by molar-refractivity contribution is 5.76. The molecule has 0 spiro atoms. The fourth-order valence-corrected chi connectivity index (χ4v) is 2.95. The van der Waals surface area contributed by atoms with E-state index in [1.807, 2.05) is 53.4 Å². The van der Waals surface area contributed by atoms with E-state index in [9.17, 15) is 4.79 Å². The Balaban J connectivity index is 1.48. The first-order chi connectivity index (χ1) is 12.2. The number of carbonyl (C=O) groups is 1. The number of oxazole rings is 1. The van der Waals surface area contributed by atoms with Gasteiger partial charge in [0.05, 0.1) is 0 Å². The van der Waals surface area contributed by atoms with Crippen molar-refractivity contribution in [2.45, 2.75) is 13.3 Å². The van der Waals surface area contributed by atoms with Crippen LogP contribution >= 0.6 is 0 Å². The number of hydrogen-bond acceptors (Lipinski definition) is 4. The molecular weight excluding hydrogens is 316 g/mol. The van der Waals surface area contributed by atoms with Gasteiger partial charge in [0.1, 0.15) is 11.3 Å². The van der Waals surface area contributed by atoms with Gasteiger partial charge >= 0.3 is 6.08 Å². The van der Waals surface area contributed by atoms with Gasteiger partial charge in [-0.3, -0.25) is 4.79 Å². The molecule has 126 valence electrons. The SMILES string of the molecule is CC(=O)N1CC=C(c2ccc(Oc3nc4ccccc4o3)cc2)CC1. The van der Waals surface area contributed by atoms with E-state index in [0.717, 1.165) is 24.0 Å². The third-order valence-electron chi connectivity index (χ3n) is 4.36. The second kappa shape index (κ2) is 6.43. The molecule has 1 aliphatic heterocycles. The van der Waals surface area contributed by atoms with E-state index >= 15 is 0 Å². The van der Waals surface area contributed by atoms with Gasteiger partial charge in [0.15, 0.2) is 5.58 Å². The molecule has 1 aliphatic rings. The molecule has 0 atom stereocenters. The molecular formula is C20H18N2O3. The molecule has 5 nitrogen and oxygen atoms in total. The lowest BCUT2D eigenvalue weighted by atomic mass is 9.99. The zero-order chi connectivity index (χ0) is 17.2. The molecule has 1 aromatic heterocycles. The molecule has 2 aromatic carbocycles. The standard InChI is InChI=1S/C20H18N2O3/c1-14(23)22-12-10-16(11-13-22)15-6-8-17(9-7-15)24-20-21-18-4-2-3-5-19(18)25-20/h2-10H,11-13H2,1H3. The fourth-order valence-electron chi connectivity index (χ4n) is 2.95. The number of nitrogens with zero attached hydrogens (tertiary/aromatic N) is 2. The second-order valence-corrected chi connectivity index (χ2v) is 6.02. The van der Waals surface area contributed by atoms with Gasteiger partial charge < -0.3 is 14.1 Å². The number of rotatable bonds is 3. The van der Waals surface area contributed by atoms with Crippen molar-refractivity contribution < 1.29 is 13.9 Å². The van der Waals surface area contributed by atoms with E-state index in [0.29, 0.717) is 17.9 Å². The number of benzene rings is 2. The molecule has 0 aliphatic carbocycles. The second-order valence-electron chi connectivity index (χ2n) is 6.02. The predicted molar refractivity (Wildman–Crippen MR) is 95.4 cm³/mol. The van der Waals surface area contributed by atoms with Gasteiger partial charge in [-0.2, -0.15) is 4.98 Å². The smallest absolute Gasteiger partial charge is 0.400 e. The molecule has 0 saturated carbocycles. The first-order valence-corrected chi connectivity index (χ1v) is 8.27. The van der Waals surface area contributed by atoms with Crippen molar-refractivity contribution in [1.29, 1.82) is 0 Å². The van der Waals surface area contributed by atoms with Crippen LogP contribution in [-0.4, -0.2) is 28.9 Å². The van der Waals surface area contributed by atoms with Crippen LogP contribution in [0.4, 0.5) is 0 Å². The van der Waals surface area contributed by atoms with Gasteiger partial charge in [-0.25, -0.2) is 0 Å². The summed E-state index contributed by atoms with van der Waals surface area (Å²) in [4.78, 5) is 17.5. The molecule has 0 saturated heterocycles. The minimum atomic E-state index is 0.123. The lowest BCUT2D eigenvalue weighted by Gasteiger charge is -2.25. The molecule has 5 heteroatoms. The fraction of sp³-hybridized carbons (Fsp3) is 0.200. The molecule has 3 aromatic rings. The molecule has 0 N–H and O–H groups in total. The Morgan fingerprint density at radius 1 is 1.16 bits per heavy atom. The van der Waals surface area contributed by atoms with Crippen LogP contribution in [0.3, 0.4) is 0 Å².